The lowest BCUT2D eigenvalue weighted by Crippen LogP contribution is -2.51. The summed E-state index contributed by atoms with van der Waals surface area (Å²) >= 11 is 0. The lowest BCUT2D eigenvalue weighted by molar-refractivity contribution is -0.141. The van der Waals surface area contributed by atoms with Crippen molar-refractivity contribution in [2.45, 2.75) is 50.6 Å². The van der Waals surface area contributed by atoms with Gasteiger partial charge < -0.3 is 10.2 Å². The fraction of sp³-hybridized carbons (Fsp3) is 0.294. The first kappa shape index (κ1) is 30.2. The lowest BCUT2D eigenvalue weighted by atomic mass is 10.0. The van der Waals surface area contributed by atoms with Crippen molar-refractivity contribution < 1.29 is 22.4 Å². The van der Waals surface area contributed by atoms with Crippen molar-refractivity contribution in [1.29, 1.82) is 0 Å². The molecule has 0 bridgehead atoms. The van der Waals surface area contributed by atoms with Crippen LogP contribution in [0.3, 0.4) is 0 Å². The van der Waals surface area contributed by atoms with Crippen LogP contribution in [0.15, 0.2) is 95.9 Å². The van der Waals surface area contributed by atoms with Crippen LogP contribution in [0, 0.1) is 11.7 Å². The van der Waals surface area contributed by atoms with Crippen molar-refractivity contribution in [2.24, 2.45) is 5.92 Å². The molecule has 0 spiro atoms. The van der Waals surface area contributed by atoms with Crippen LogP contribution >= 0.6 is 0 Å². The number of carbonyl (C=O) groups is 2. The van der Waals surface area contributed by atoms with Crippen LogP contribution in [0.1, 0.15) is 37.8 Å². The number of nitrogens with one attached hydrogen (secondary N) is 1. The summed E-state index contributed by atoms with van der Waals surface area (Å²) in [5, 5.41) is 4.52. The Labute approximate surface area is 252 Å². The van der Waals surface area contributed by atoms with E-state index in [1.54, 1.807) is 35.2 Å². The number of amides is 2. The number of benzene rings is 4. The van der Waals surface area contributed by atoms with E-state index in [1.807, 2.05) is 62.4 Å². The summed E-state index contributed by atoms with van der Waals surface area (Å²) in [7, 11) is -3.75. The lowest BCUT2D eigenvalue weighted by Gasteiger charge is -2.32. The van der Waals surface area contributed by atoms with E-state index >= 15 is 0 Å². The summed E-state index contributed by atoms with van der Waals surface area (Å²) in [6.07, 6.45) is 0.589. The van der Waals surface area contributed by atoms with Gasteiger partial charge in [-0.25, -0.2) is 12.8 Å². The first-order valence-corrected chi connectivity index (χ1v) is 16.0. The van der Waals surface area contributed by atoms with Crippen molar-refractivity contribution in [3.8, 4) is 0 Å². The van der Waals surface area contributed by atoms with Gasteiger partial charge in [-0.1, -0.05) is 80.6 Å². The maximum absolute atomic E-state index is 13.9. The average Bonchev–Trinajstić information content (AvgIpc) is 3.22. The molecule has 0 aliphatic carbocycles. The Bertz CT molecular complexity index is 1700. The molecule has 2 amide bonds. The fourth-order valence-corrected chi connectivity index (χ4v) is 7.23. The summed E-state index contributed by atoms with van der Waals surface area (Å²) in [6, 6.07) is 25.3. The van der Waals surface area contributed by atoms with Gasteiger partial charge in [0.1, 0.15) is 11.9 Å². The molecule has 0 saturated heterocycles. The van der Waals surface area contributed by atoms with Crippen LogP contribution in [0.5, 0.6) is 0 Å². The molecule has 4 aromatic carbocycles. The maximum atomic E-state index is 13.9. The zero-order chi connectivity index (χ0) is 30.6. The number of halogens is 1. The molecule has 4 aromatic rings. The predicted octanol–water partition coefficient (Wildman–Crippen LogP) is 5.68. The van der Waals surface area contributed by atoms with E-state index in [4.69, 9.17) is 0 Å². The molecule has 1 atom stereocenters. The highest BCUT2D eigenvalue weighted by Gasteiger charge is 2.36. The van der Waals surface area contributed by atoms with E-state index in [-0.39, 0.29) is 54.4 Å². The molecular formula is C34H36FN3O4S. The number of rotatable bonds is 12. The zero-order valence-electron chi connectivity index (χ0n) is 24.4. The van der Waals surface area contributed by atoms with E-state index in [0.29, 0.717) is 29.6 Å². The summed E-state index contributed by atoms with van der Waals surface area (Å²) in [6.45, 7) is 4.69. The summed E-state index contributed by atoms with van der Waals surface area (Å²) in [5.41, 5.74) is 2.20. The van der Waals surface area contributed by atoms with Crippen LogP contribution in [0.25, 0.3) is 10.8 Å². The Morgan fingerprint density at radius 3 is 2.28 bits per heavy atom. The van der Waals surface area contributed by atoms with Gasteiger partial charge >= 0.3 is 0 Å². The molecule has 0 saturated carbocycles. The van der Waals surface area contributed by atoms with Gasteiger partial charge in [-0.05, 0) is 53.1 Å². The van der Waals surface area contributed by atoms with Crippen LogP contribution in [-0.2, 0) is 32.6 Å². The first-order valence-electron chi connectivity index (χ1n) is 14.5. The number of hydrogen-bond donors (Lipinski definition) is 1. The van der Waals surface area contributed by atoms with Crippen LogP contribution in [-0.4, -0.2) is 44.3 Å². The van der Waals surface area contributed by atoms with Crippen molar-refractivity contribution in [2.75, 3.05) is 17.4 Å². The minimum Gasteiger partial charge on any atom is -0.354 e. The Hall–Kier alpha value is -4.24. The summed E-state index contributed by atoms with van der Waals surface area (Å²) < 4.78 is 41.9. The van der Waals surface area contributed by atoms with E-state index in [1.165, 1.54) is 16.4 Å². The minimum atomic E-state index is -3.75. The second kappa shape index (κ2) is 13.0. The van der Waals surface area contributed by atoms with Crippen molar-refractivity contribution in [1.82, 2.24) is 10.2 Å². The molecule has 224 valence electrons. The smallest absolute Gasteiger partial charge is 0.265 e. The molecule has 7 nitrogen and oxygen atoms in total. The topological polar surface area (TPSA) is 86.8 Å². The SMILES string of the molecule is CC(C)CNC(=O)[C@H](Cc1ccccc1)N(Cc1ccc(F)cc1)C(=O)CCCN1c2cccc3cccc(c23)S1(=O)=O. The van der Waals surface area contributed by atoms with E-state index in [0.717, 1.165) is 10.9 Å². The maximum Gasteiger partial charge on any atom is 0.265 e. The second-order valence-corrected chi connectivity index (χ2v) is 13.1. The van der Waals surface area contributed by atoms with Gasteiger partial charge in [0.2, 0.25) is 11.8 Å². The van der Waals surface area contributed by atoms with Gasteiger partial charge in [0.25, 0.3) is 10.0 Å². The quantitative estimate of drug-likeness (QED) is 0.226. The molecule has 1 N–H and O–H groups in total. The number of carbonyl (C=O) groups excluding carboxylic acids is 2. The molecule has 0 fully saturated rings. The molecule has 0 aromatic heterocycles. The van der Waals surface area contributed by atoms with E-state index < -0.39 is 16.1 Å². The van der Waals surface area contributed by atoms with Gasteiger partial charge in [0, 0.05) is 37.9 Å². The predicted molar refractivity (Wildman–Crippen MR) is 166 cm³/mol. The Kier molecular flexibility index (Phi) is 9.11. The third-order valence-corrected chi connectivity index (χ3v) is 9.51. The molecule has 9 heteroatoms. The highest BCUT2D eigenvalue weighted by molar-refractivity contribution is 7.93. The van der Waals surface area contributed by atoms with Gasteiger partial charge in [0.15, 0.2) is 0 Å². The van der Waals surface area contributed by atoms with Gasteiger partial charge in [-0.3, -0.25) is 13.9 Å². The van der Waals surface area contributed by atoms with Crippen LogP contribution in [0.4, 0.5) is 10.1 Å². The number of sulfonamides is 1. The Balaban J connectivity index is 1.39. The molecule has 5 rings (SSSR count). The third-order valence-electron chi connectivity index (χ3n) is 7.65. The van der Waals surface area contributed by atoms with Crippen molar-refractivity contribution in [3.05, 3.63) is 108 Å². The molecule has 0 radical (unpaired) electrons. The van der Waals surface area contributed by atoms with Gasteiger partial charge in [-0.2, -0.15) is 0 Å². The molecule has 1 heterocycles. The number of nitrogens with zero attached hydrogens (tertiary/aromatic N) is 2. The van der Waals surface area contributed by atoms with Crippen molar-refractivity contribution in [3.63, 3.8) is 0 Å². The third kappa shape index (κ3) is 6.72. The Morgan fingerprint density at radius 1 is 0.884 bits per heavy atom. The van der Waals surface area contributed by atoms with Gasteiger partial charge in [0.05, 0.1) is 10.6 Å². The fourth-order valence-electron chi connectivity index (χ4n) is 5.48. The van der Waals surface area contributed by atoms with Crippen LogP contribution < -0.4 is 9.62 Å². The standard InChI is InChI=1S/C34H36FN3O4S/c1-24(2)22-36-34(40)30(21-25-9-4-3-5-10-25)37(23-26-16-18-28(35)19-17-26)32(39)15-8-20-38-29-13-6-11-27-12-7-14-31(33(27)29)43(38,41)42/h3-7,9-14,16-19,24,30H,8,15,20-23H2,1-2H3,(H,36,40)/t30-/m0/s1. The largest absolute Gasteiger partial charge is 0.354 e. The first-order chi connectivity index (χ1) is 20.6. The van der Waals surface area contributed by atoms with Gasteiger partial charge in [-0.15, -0.1) is 0 Å². The molecule has 1 aliphatic rings. The number of hydrogen-bond acceptors (Lipinski definition) is 4. The second-order valence-electron chi connectivity index (χ2n) is 11.3. The highest BCUT2D eigenvalue weighted by atomic mass is 32.2. The molecule has 43 heavy (non-hydrogen) atoms. The Morgan fingerprint density at radius 2 is 1.58 bits per heavy atom. The van der Waals surface area contributed by atoms with E-state index in [9.17, 15) is 22.4 Å². The number of anilines is 1. The minimum absolute atomic E-state index is 0.0300. The average molecular weight is 602 g/mol. The van der Waals surface area contributed by atoms with E-state index in [2.05, 4.69) is 5.32 Å². The zero-order valence-corrected chi connectivity index (χ0v) is 25.2. The molecular weight excluding hydrogens is 565 g/mol. The molecule has 0 unspecified atom stereocenters. The highest BCUT2D eigenvalue weighted by Crippen LogP contribution is 2.42. The summed E-state index contributed by atoms with van der Waals surface area (Å²) in [4.78, 5) is 29.3. The normalized spacial score (nSPS) is 14.2. The molecule has 1 aliphatic heterocycles. The van der Waals surface area contributed by atoms with Crippen LogP contribution in [0.2, 0.25) is 0 Å². The monoisotopic (exact) mass is 601 g/mol. The summed E-state index contributed by atoms with van der Waals surface area (Å²) in [5.74, 6) is -0.715. The van der Waals surface area contributed by atoms with Crippen molar-refractivity contribution >= 4 is 38.3 Å².